The fourth-order valence-corrected chi connectivity index (χ4v) is 9.22. The molecule has 0 aromatic heterocycles. The van der Waals surface area contributed by atoms with E-state index >= 15 is 0 Å². The molecule has 8 rings (SSSR count). The van der Waals surface area contributed by atoms with E-state index in [1.54, 1.807) is 109 Å². The second kappa shape index (κ2) is 26.9. The highest BCUT2D eigenvalue weighted by atomic mass is 16.8. The number of ether oxygens (including phenoxy) is 9. The Morgan fingerprint density at radius 3 is 1.02 bits per heavy atom. The monoisotopic (exact) mass is 1090 g/mol. The minimum Gasteiger partial charge on any atom is -0.459 e. The van der Waals surface area contributed by atoms with Gasteiger partial charge in [0.15, 0.2) is 30.7 Å². The molecule has 19 nitrogen and oxygen atoms in total. The quantitative estimate of drug-likeness (QED) is 0.0574. The first-order valence-corrected chi connectivity index (χ1v) is 25.4. The lowest BCUT2D eigenvalue weighted by Gasteiger charge is -2.51. The summed E-state index contributed by atoms with van der Waals surface area (Å²) >= 11 is 0. The zero-order valence-corrected chi connectivity index (χ0v) is 43.5. The van der Waals surface area contributed by atoms with Crippen molar-refractivity contribution < 1.29 is 85.8 Å². The Balaban J connectivity index is 1.32. The van der Waals surface area contributed by atoms with Crippen LogP contribution in [0.25, 0.3) is 0 Å². The van der Waals surface area contributed by atoms with Crippen molar-refractivity contribution in [1.82, 2.24) is 4.90 Å². The number of Topliss-reactive ketones (excluding diaryl/α,β-unsaturated/α-hetero) is 1. The van der Waals surface area contributed by atoms with Crippen molar-refractivity contribution in [1.29, 1.82) is 0 Å². The number of amides is 2. The van der Waals surface area contributed by atoms with Gasteiger partial charge in [0.2, 0.25) is 11.8 Å². The number of hydrogen-bond acceptors (Lipinski definition) is 18. The predicted octanol–water partition coefficient (Wildman–Crippen LogP) is 7.22. The normalized spacial score (nSPS) is 22.2. The topological polar surface area (TPSA) is 240 Å². The van der Waals surface area contributed by atoms with E-state index < -0.39 is 134 Å². The van der Waals surface area contributed by atoms with Gasteiger partial charge in [-0.2, -0.15) is 0 Å². The Hall–Kier alpha value is -9.17. The van der Waals surface area contributed by atoms with E-state index in [4.69, 9.17) is 42.6 Å². The minimum atomic E-state index is -2.10. The van der Waals surface area contributed by atoms with Crippen LogP contribution in [0.1, 0.15) is 89.3 Å². The van der Waals surface area contributed by atoms with Crippen molar-refractivity contribution in [2.24, 2.45) is 0 Å². The van der Waals surface area contributed by atoms with E-state index in [-0.39, 0.29) is 33.4 Å². The van der Waals surface area contributed by atoms with Crippen LogP contribution in [-0.2, 0) is 57.0 Å². The summed E-state index contributed by atoms with van der Waals surface area (Å²) in [5.41, 5.74) is 0.204. The van der Waals surface area contributed by atoms with E-state index in [9.17, 15) is 43.2 Å². The SMILES string of the molecule is CC(=O)C[C@H]1O[C@H](COC(=O)c2ccccc2)[C@@H](O[C@@H]2O[C@H](COC(=O)c3ccccc3)[C@H](OC(=O)c3ccccc3)[C@H](OC(=O)c3ccccc3)[C@H]2OC(=O)c2ccccc2)[C@H](OC(=O)c2ccccc2)[C@H]1N(C(C)=O)C(C)=O. The largest absolute Gasteiger partial charge is 0.459 e. The number of carbonyl (C=O) groups is 9. The van der Waals surface area contributed by atoms with Crippen molar-refractivity contribution in [2.75, 3.05) is 13.2 Å². The molecule has 2 aliphatic rings. The Kier molecular flexibility index (Phi) is 19.2. The molecule has 2 aliphatic heterocycles. The van der Waals surface area contributed by atoms with Gasteiger partial charge in [-0.15, -0.1) is 0 Å². The first kappa shape index (κ1) is 57.0. The van der Waals surface area contributed by atoms with Crippen LogP contribution in [0.5, 0.6) is 0 Å². The Morgan fingerprint density at radius 1 is 0.362 bits per heavy atom. The molecule has 19 heteroatoms. The lowest BCUT2D eigenvalue weighted by atomic mass is 9.88. The first-order valence-electron chi connectivity index (χ1n) is 25.4. The molecule has 6 aromatic carbocycles. The molecule has 10 atom stereocenters. The minimum absolute atomic E-state index is 0.00781. The van der Waals surface area contributed by atoms with E-state index in [0.29, 0.717) is 0 Å². The Morgan fingerprint density at radius 2 is 0.675 bits per heavy atom. The lowest BCUT2D eigenvalue weighted by Crippen LogP contribution is -2.70. The molecule has 0 radical (unpaired) electrons. The molecule has 0 saturated carbocycles. The third kappa shape index (κ3) is 14.3. The van der Waals surface area contributed by atoms with Crippen molar-refractivity contribution in [3.8, 4) is 0 Å². The number of imide groups is 1. The fraction of sp³-hybridized carbons (Fsp3) is 0.262. The smallest absolute Gasteiger partial charge is 0.338 e. The molecule has 0 N–H and O–H groups in total. The highest BCUT2D eigenvalue weighted by Gasteiger charge is 2.59. The number of carbonyl (C=O) groups excluding carboxylic acids is 9. The van der Waals surface area contributed by atoms with Crippen molar-refractivity contribution in [3.05, 3.63) is 215 Å². The van der Waals surface area contributed by atoms with Crippen LogP contribution in [0.2, 0.25) is 0 Å². The van der Waals surface area contributed by atoms with Crippen molar-refractivity contribution in [3.63, 3.8) is 0 Å². The fourth-order valence-electron chi connectivity index (χ4n) is 9.22. The molecule has 0 bridgehead atoms. The number of ketones is 1. The average molecular weight is 1090 g/mol. The summed E-state index contributed by atoms with van der Waals surface area (Å²) in [6.45, 7) is 1.87. The van der Waals surface area contributed by atoms with E-state index in [1.807, 2.05) is 0 Å². The van der Waals surface area contributed by atoms with Crippen molar-refractivity contribution >= 4 is 53.4 Å². The number of esters is 6. The number of nitrogens with zero attached hydrogens (tertiary/aromatic N) is 1. The van der Waals surface area contributed by atoms with Gasteiger partial charge >= 0.3 is 35.8 Å². The highest BCUT2D eigenvalue weighted by molar-refractivity contribution is 5.95. The van der Waals surface area contributed by atoms with E-state index in [1.165, 1.54) is 79.7 Å². The van der Waals surface area contributed by atoms with E-state index in [0.717, 1.165) is 18.7 Å². The van der Waals surface area contributed by atoms with Gasteiger partial charge in [0.05, 0.1) is 39.5 Å². The zero-order chi connectivity index (χ0) is 56.7. The summed E-state index contributed by atoms with van der Waals surface area (Å²) < 4.78 is 57.0. The van der Waals surface area contributed by atoms with Crippen LogP contribution in [0.15, 0.2) is 182 Å². The maximum atomic E-state index is 14.5. The van der Waals surface area contributed by atoms with Gasteiger partial charge in [-0.3, -0.25) is 19.3 Å². The van der Waals surface area contributed by atoms with Gasteiger partial charge in [0.25, 0.3) is 0 Å². The van der Waals surface area contributed by atoms with Gasteiger partial charge in [0.1, 0.15) is 43.4 Å². The van der Waals surface area contributed by atoms with Gasteiger partial charge in [-0.25, -0.2) is 28.8 Å². The number of hydrogen-bond donors (Lipinski definition) is 0. The van der Waals surface area contributed by atoms with Gasteiger partial charge in [0, 0.05) is 20.3 Å². The zero-order valence-electron chi connectivity index (χ0n) is 43.5. The summed E-state index contributed by atoms with van der Waals surface area (Å²) in [4.78, 5) is 127. The van der Waals surface area contributed by atoms with Gasteiger partial charge in [-0.1, -0.05) is 109 Å². The molecule has 6 aromatic rings. The molecule has 412 valence electrons. The maximum Gasteiger partial charge on any atom is 0.338 e. The standard InChI is InChI=1S/C61H55NO18/c1-37(63)34-46-49(62(38(2)64)39(3)65)52(77-58(69)43-28-16-7-17-29-43)50(47(74-46)35-72-55(66)40-22-10-4-11-23-40)80-61-54(79-60(71)45-32-20-9-21-33-45)53(78-59(70)44-30-18-8-19-31-44)51(76-57(68)42-26-14-6-15-27-42)48(75-61)36-73-56(67)41-24-12-5-13-25-41/h4-33,46-54,61H,34-36H2,1-3H3/t46-,47-,48-,49+,50-,51+,52-,53+,54-,61+/m1/s1. The van der Waals surface area contributed by atoms with E-state index in [2.05, 4.69) is 0 Å². The Labute approximate surface area is 459 Å². The maximum absolute atomic E-state index is 14.5. The van der Waals surface area contributed by atoms with Crippen LogP contribution in [-0.4, -0.2) is 133 Å². The van der Waals surface area contributed by atoms with Crippen LogP contribution in [0.4, 0.5) is 0 Å². The van der Waals surface area contributed by atoms with Crippen molar-refractivity contribution in [2.45, 2.75) is 88.4 Å². The summed E-state index contributed by atoms with van der Waals surface area (Å²) in [5.74, 6) is -8.01. The van der Waals surface area contributed by atoms with Crippen LogP contribution >= 0.6 is 0 Å². The third-order valence-corrected chi connectivity index (χ3v) is 12.9. The van der Waals surface area contributed by atoms with Gasteiger partial charge < -0.3 is 42.6 Å². The number of rotatable bonds is 19. The van der Waals surface area contributed by atoms with Crippen LogP contribution < -0.4 is 0 Å². The molecule has 80 heavy (non-hydrogen) atoms. The average Bonchev–Trinajstić information content (AvgIpc) is 3.63. The van der Waals surface area contributed by atoms with Gasteiger partial charge in [-0.05, 0) is 79.7 Å². The number of benzene rings is 6. The molecular weight excluding hydrogens is 1030 g/mol. The predicted molar refractivity (Wildman–Crippen MR) is 281 cm³/mol. The summed E-state index contributed by atoms with van der Waals surface area (Å²) in [7, 11) is 0. The van der Waals surface area contributed by atoms with Crippen LogP contribution in [0, 0.1) is 0 Å². The molecule has 2 saturated heterocycles. The highest BCUT2D eigenvalue weighted by Crippen LogP contribution is 2.38. The molecule has 2 fully saturated rings. The second-order valence-corrected chi connectivity index (χ2v) is 18.5. The summed E-state index contributed by atoms with van der Waals surface area (Å²) in [5, 5.41) is 0. The molecule has 2 amide bonds. The lowest BCUT2D eigenvalue weighted by molar-refractivity contribution is -0.335. The second-order valence-electron chi connectivity index (χ2n) is 18.5. The summed E-state index contributed by atoms with van der Waals surface area (Å²) in [6.07, 6.45) is -16.9. The first-order chi connectivity index (χ1) is 38.7. The third-order valence-electron chi connectivity index (χ3n) is 12.9. The summed E-state index contributed by atoms with van der Waals surface area (Å²) in [6, 6.07) is 44.6. The molecule has 2 heterocycles. The Bertz CT molecular complexity index is 3110. The molecule has 0 unspecified atom stereocenters. The molecular formula is C61H55NO18. The molecule has 0 spiro atoms. The molecule has 0 aliphatic carbocycles. The van der Waals surface area contributed by atoms with Crippen LogP contribution in [0.3, 0.4) is 0 Å².